The fourth-order valence-corrected chi connectivity index (χ4v) is 2.41. The number of anilines is 2. The van der Waals surface area contributed by atoms with Gasteiger partial charge in [0.25, 0.3) is 17.5 Å². The predicted octanol–water partition coefficient (Wildman–Crippen LogP) is 2.90. The van der Waals surface area contributed by atoms with Crippen molar-refractivity contribution >= 4 is 46.9 Å². The van der Waals surface area contributed by atoms with Gasteiger partial charge in [-0.25, -0.2) is 0 Å². The van der Waals surface area contributed by atoms with E-state index in [1.54, 1.807) is 17.8 Å². The van der Waals surface area contributed by atoms with Crippen LogP contribution in [0.25, 0.3) is 0 Å². The summed E-state index contributed by atoms with van der Waals surface area (Å²) in [5.41, 5.74) is 0.720. The summed E-state index contributed by atoms with van der Waals surface area (Å²) in [6, 6.07) is 12.8. The summed E-state index contributed by atoms with van der Waals surface area (Å²) >= 11 is 1.55. The lowest BCUT2D eigenvalue weighted by Crippen LogP contribution is -2.18. The molecule has 140 valence electrons. The quantitative estimate of drug-likeness (QED) is 0.310. The molecule has 0 aliphatic heterocycles. The number of non-ortho nitro benzene ring substituents is 1. The van der Waals surface area contributed by atoms with E-state index in [-0.39, 0.29) is 18.0 Å². The van der Waals surface area contributed by atoms with E-state index in [0.717, 1.165) is 11.1 Å². The molecule has 0 unspecified atom stereocenters. The topological polar surface area (TPSA) is 123 Å². The molecule has 0 fully saturated rings. The highest BCUT2D eigenvalue weighted by atomic mass is 32.2. The summed E-state index contributed by atoms with van der Waals surface area (Å²) in [7, 11) is 0. The van der Waals surface area contributed by atoms with E-state index in [2.05, 4.69) is 15.8 Å². The number of nitrogens with zero attached hydrogens (tertiary/aromatic N) is 2. The highest BCUT2D eigenvalue weighted by Gasteiger charge is 2.07. The van der Waals surface area contributed by atoms with Crippen molar-refractivity contribution in [2.75, 3.05) is 23.5 Å². The Hall–Kier alpha value is -3.40. The number of benzene rings is 2. The minimum Gasteiger partial charge on any atom is -0.385 e. The van der Waals surface area contributed by atoms with Gasteiger partial charge in [0.1, 0.15) is 6.21 Å². The highest BCUT2D eigenvalue weighted by molar-refractivity contribution is 7.98. The van der Waals surface area contributed by atoms with Gasteiger partial charge >= 0.3 is 0 Å². The Morgan fingerprint density at radius 2 is 1.89 bits per heavy atom. The van der Waals surface area contributed by atoms with Crippen LogP contribution < -0.4 is 10.6 Å². The van der Waals surface area contributed by atoms with Crippen LogP contribution in [0.15, 0.2) is 58.6 Å². The Morgan fingerprint density at radius 3 is 2.59 bits per heavy atom. The molecular weight excluding hydrogens is 372 g/mol. The first-order chi connectivity index (χ1) is 13.0. The van der Waals surface area contributed by atoms with E-state index >= 15 is 0 Å². The molecule has 9 nitrogen and oxygen atoms in total. The van der Waals surface area contributed by atoms with Crippen LogP contribution in [0.4, 0.5) is 17.1 Å². The van der Waals surface area contributed by atoms with Crippen LogP contribution in [0.1, 0.15) is 0 Å². The van der Waals surface area contributed by atoms with Crippen molar-refractivity contribution in [1.29, 1.82) is 0 Å². The minimum absolute atomic E-state index is 0.150. The molecule has 0 radical (unpaired) electrons. The third-order valence-electron chi connectivity index (χ3n) is 3.12. The molecule has 2 aromatic carbocycles. The molecule has 0 saturated carbocycles. The zero-order valence-corrected chi connectivity index (χ0v) is 15.1. The molecule has 0 atom stereocenters. The van der Waals surface area contributed by atoms with Gasteiger partial charge in [-0.2, -0.15) is 0 Å². The van der Waals surface area contributed by atoms with Crippen molar-refractivity contribution < 1.29 is 19.3 Å². The summed E-state index contributed by atoms with van der Waals surface area (Å²) in [5, 5.41) is 19.1. The number of rotatable bonds is 8. The van der Waals surface area contributed by atoms with E-state index in [1.807, 2.05) is 24.5 Å². The van der Waals surface area contributed by atoms with Gasteiger partial charge in [-0.3, -0.25) is 19.7 Å². The van der Waals surface area contributed by atoms with Gasteiger partial charge in [0.15, 0.2) is 6.61 Å². The van der Waals surface area contributed by atoms with Gasteiger partial charge in [-0.1, -0.05) is 17.3 Å². The molecule has 0 bridgehead atoms. The zero-order valence-electron chi connectivity index (χ0n) is 14.2. The van der Waals surface area contributed by atoms with E-state index in [4.69, 9.17) is 4.84 Å². The molecule has 10 heteroatoms. The van der Waals surface area contributed by atoms with Crippen molar-refractivity contribution in [3.8, 4) is 0 Å². The molecule has 0 aromatic heterocycles. The van der Waals surface area contributed by atoms with Crippen molar-refractivity contribution in [3.63, 3.8) is 0 Å². The van der Waals surface area contributed by atoms with Crippen molar-refractivity contribution in [1.82, 2.24) is 0 Å². The van der Waals surface area contributed by atoms with E-state index in [0.29, 0.717) is 5.69 Å². The Kier molecular flexibility index (Phi) is 7.32. The SMILES string of the molecule is CSc1cccc(NC(=O)CO/N=C\C(=O)Nc2cccc([N+](=O)[O-])c2)c1. The summed E-state index contributed by atoms with van der Waals surface area (Å²) in [5.74, 6) is -1.08. The second kappa shape index (κ2) is 9.92. The van der Waals surface area contributed by atoms with Crippen LogP contribution in [0.5, 0.6) is 0 Å². The molecule has 0 heterocycles. The van der Waals surface area contributed by atoms with Crippen LogP contribution in [0.3, 0.4) is 0 Å². The Bertz CT molecular complexity index is 872. The Balaban J connectivity index is 1.77. The minimum atomic E-state index is -0.649. The maximum atomic E-state index is 11.8. The third-order valence-corrected chi connectivity index (χ3v) is 3.84. The first kappa shape index (κ1) is 19.9. The van der Waals surface area contributed by atoms with Crippen molar-refractivity contribution in [2.24, 2.45) is 5.16 Å². The van der Waals surface area contributed by atoms with Gasteiger partial charge in [0.05, 0.1) is 4.92 Å². The number of hydrogen-bond acceptors (Lipinski definition) is 7. The first-order valence-corrected chi connectivity index (χ1v) is 8.85. The summed E-state index contributed by atoms with van der Waals surface area (Å²) in [6.45, 7) is -0.371. The molecule has 27 heavy (non-hydrogen) atoms. The standard InChI is InChI=1S/C17H16N4O5S/c1-27-15-7-3-5-13(9-15)20-17(23)11-26-18-10-16(22)19-12-4-2-6-14(8-12)21(24)25/h2-10H,11H2,1H3,(H,19,22)(H,20,23)/b18-10-. The average molecular weight is 388 g/mol. The highest BCUT2D eigenvalue weighted by Crippen LogP contribution is 2.19. The van der Waals surface area contributed by atoms with Gasteiger partial charge in [-0.15, -0.1) is 11.8 Å². The summed E-state index contributed by atoms with van der Waals surface area (Å²) < 4.78 is 0. The number of hydrogen-bond donors (Lipinski definition) is 2. The monoisotopic (exact) mass is 388 g/mol. The third kappa shape index (κ3) is 6.78. The smallest absolute Gasteiger partial charge is 0.271 e. The molecule has 0 aliphatic rings. The molecule has 2 aromatic rings. The molecule has 0 spiro atoms. The van der Waals surface area contributed by atoms with Crippen LogP contribution in [0, 0.1) is 10.1 Å². The van der Waals surface area contributed by atoms with Crippen molar-refractivity contribution in [3.05, 3.63) is 58.6 Å². The van der Waals surface area contributed by atoms with Crippen molar-refractivity contribution in [2.45, 2.75) is 4.90 Å². The van der Waals surface area contributed by atoms with Gasteiger partial charge in [0, 0.05) is 28.4 Å². The lowest BCUT2D eigenvalue weighted by molar-refractivity contribution is -0.384. The normalized spacial score (nSPS) is 10.4. The second-order valence-electron chi connectivity index (χ2n) is 5.08. The fourth-order valence-electron chi connectivity index (χ4n) is 1.95. The van der Waals surface area contributed by atoms with Gasteiger partial charge in [0.2, 0.25) is 0 Å². The number of carbonyl (C=O) groups excluding carboxylic acids is 2. The zero-order chi connectivity index (χ0) is 19.6. The molecule has 0 saturated heterocycles. The average Bonchev–Trinajstić information content (AvgIpc) is 2.65. The Labute approximate surface area is 158 Å². The lowest BCUT2D eigenvalue weighted by atomic mass is 10.3. The number of thioether (sulfide) groups is 1. The summed E-state index contributed by atoms with van der Waals surface area (Å²) in [4.78, 5) is 39.4. The Morgan fingerprint density at radius 1 is 1.19 bits per heavy atom. The number of carbonyl (C=O) groups is 2. The lowest BCUT2D eigenvalue weighted by Gasteiger charge is -2.05. The number of nitrogens with one attached hydrogen (secondary N) is 2. The largest absolute Gasteiger partial charge is 0.385 e. The van der Waals surface area contributed by atoms with Gasteiger partial charge < -0.3 is 15.5 Å². The van der Waals surface area contributed by atoms with E-state index in [1.165, 1.54) is 24.3 Å². The maximum Gasteiger partial charge on any atom is 0.271 e. The number of amides is 2. The number of oxime groups is 1. The van der Waals surface area contributed by atoms with E-state index < -0.39 is 16.7 Å². The maximum absolute atomic E-state index is 11.8. The molecule has 2 N–H and O–H groups in total. The molecule has 0 aliphatic carbocycles. The summed E-state index contributed by atoms with van der Waals surface area (Å²) in [6.07, 6.45) is 2.76. The number of nitro benzene ring substituents is 1. The van der Waals surface area contributed by atoms with E-state index in [9.17, 15) is 19.7 Å². The second-order valence-corrected chi connectivity index (χ2v) is 5.96. The fraction of sp³-hybridized carbons (Fsp3) is 0.118. The molecular formula is C17H16N4O5S. The van der Waals surface area contributed by atoms with Crippen LogP contribution in [-0.2, 0) is 14.4 Å². The van der Waals surface area contributed by atoms with Crippen LogP contribution in [-0.4, -0.2) is 35.8 Å². The molecule has 2 amide bonds. The van der Waals surface area contributed by atoms with Crippen LogP contribution >= 0.6 is 11.8 Å². The van der Waals surface area contributed by atoms with Crippen LogP contribution in [0.2, 0.25) is 0 Å². The van der Waals surface area contributed by atoms with Gasteiger partial charge in [-0.05, 0) is 30.5 Å². The number of nitro groups is 1. The molecule has 2 rings (SSSR count). The predicted molar refractivity (Wildman–Crippen MR) is 103 cm³/mol. The first-order valence-electron chi connectivity index (χ1n) is 7.62.